The summed E-state index contributed by atoms with van der Waals surface area (Å²) < 4.78 is 25.2. The van der Waals surface area contributed by atoms with Crippen molar-refractivity contribution in [3.8, 4) is 0 Å². The van der Waals surface area contributed by atoms with Crippen molar-refractivity contribution in [2.24, 2.45) is 0 Å². The van der Waals surface area contributed by atoms with Gasteiger partial charge < -0.3 is 16.0 Å². The highest BCUT2D eigenvalue weighted by Crippen LogP contribution is 2.34. The first-order chi connectivity index (χ1) is 11.1. The molecule has 2 heterocycles. The third kappa shape index (κ3) is 3.26. The molecule has 0 fully saturated rings. The van der Waals surface area contributed by atoms with E-state index in [2.05, 4.69) is 15.3 Å². The van der Waals surface area contributed by atoms with Crippen molar-refractivity contribution in [2.75, 3.05) is 28.4 Å². The number of anilines is 3. The van der Waals surface area contributed by atoms with E-state index in [0.29, 0.717) is 36.3 Å². The lowest BCUT2D eigenvalue weighted by molar-refractivity contribution is 0.626. The Balaban J connectivity index is 1.88. The first-order valence-electron chi connectivity index (χ1n) is 7.37. The van der Waals surface area contributed by atoms with Crippen LogP contribution in [-0.2, 0) is 17.3 Å². The first kappa shape index (κ1) is 15.7. The molecule has 8 heteroatoms. The smallest absolute Gasteiger partial charge is 0.222 e. The van der Waals surface area contributed by atoms with E-state index in [9.17, 15) is 8.60 Å². The van der Waals surface area contributed by atoms with Crippen LogP contribution in [0.5, 0.6) is 0 Å². The molecule has 1 atom stereocenters. The van der Waals surface area contributed by atoms with Crippen LogP contribution in [0.2, 0.25) is 0 Å². The van der Waals surface area contributed by atoms with Crippen molar-refractivity contribution in [1.29, 1.82) is 0 Å². The summed E-state index contributed by atoms with van der Waals surface area (Å²) in [6.45, 7) is 3.03. The molecular formula is C15H18FN5OS. The highest BCUT2D eigenvalue weighted by Gasteiger charge is 2.25. The van der Waals surface area contributed by atoms with Gasteiger partial charge in [0.15, 0.2) is 11.6 Å². The molecule has 1 aliphatic heterocycles. The zero-order valence-electron chi connectivity index (χ0n) is 12.8. The minimum atomic E-state index is -1.26. The third-order valence-corrected chi connectivity index (χ3v) is 4.89. The Morgan fingerprint density at radius 1 is 1.35 bits per heavy atom. The van der Waals surface area contributed by atoms with E-state index >= 15 is 0 Å². The highest BCUT2D eigenvalue weighted by molar-refractivity contribution is 7.84. The molecule has 1 aromatic carbocycles. The standard InChI is InChI=1S/C15H18FN5OS/c1-2-7-23(22)15-19-13(17)12-14(20-15)21(9-18-12)8-10-3-5-11(16)6-4-10/h3-6,18H,2,7-9H2,1H3,(H2,17,19,20). The van der Waals surface area contributed by atoms with Gasteiger partial charge in [-0.15, -0.1) is 0 Å². The lowest BCUT2D eigenvalue weighted by Gasteiger charge is -2.17. The van der Waals surface area contributed by atoms with E-state index in [0.717, 1.165) is 12.0 Å². The molecule has 1 unspecified atom stereocenters. The van der Waals surface area contributed by atoms with E-state index in [1.54, 1.807) is 12.1 Å². The normalized spacial score (nSPS) is 14.4. The molecule has 6 nitrogen and oxygen atoms in total. The topological polar surface area (TPSA) is 84.1 Å². The first-order valence-corrected chi connectivity index (χ1v) is 8.69. The van der Waals surface area contributed by atoms with Gasteiger partial charge in [0.2, 0.25) is 5.16 Å². The number of hydrogen-bond acceptors (Lipinski definition) is 6. The molecule has 1 aromatic heterocycles. The van der Waals surface area contributed by atoms with Crippen molar-refractivity contribution in [3.63, 3.8) is 0 Å². The second-order valence-electron chi connectivity index (χ2n) is 5.30. The van der Waals surface area contributed by atoms with Gasteiger partial charge in [-0.3, -0.25) is 4.21 Å². The van der Waals surface area contributed by atoms with Gasteiger partial charge in [-0.2, -0.15) is 0 Å². The number of aromatic nitrogens is 2. The Morgan fingerprint density at radius 3 is 2.78 bits per heavy atom. The minimum Gasteiger partial charge on any atom is -0.382 e. The summed E-state index contributed by atoms with van der Waals surface area (Å²) in [5.74, 6) is 1.18. The van der Waals surface area contributed by atoms with Crippen LogP contribution in [0.3, 0.4) is 0 Å². The van der Waals surface area contributed by atoms with Crippen LogP contribution in [-0.4, -0.2) is 26.6 Å². The predicted octanol–water partition coefficient (Wildman–Crippen LogP) is 2.11. The minimum absolute atomic E-state index is 0.260. The fourth-order valence-corrected chi connectivity index (χ4v) is 3.35. The summed E-state index contributed by atoms with van der Waals surface area (Å²) in [6.07, 6.45) is 0.782. The lowest BCUT2D eigenvalue weighted by atomic mass is 10.2. The zero-order valence-corrected chi connectivity index (χ0v) is 13.6. The molecule has 3 N–H and O–H groups in total. The summed E-state index contributed by atoms with van der Waals surface area (Å²) in [4.78, 5) is 10.5. The Hall–Kier alpha value is -2.22. The monoisotopic (exact) mass is 335 g/mol. The molecule has 23 heavy (non-hydrogen) atoms. The number of nitrogen functional groups attached to an aromatic ring is 1. The van der Waals surface area contributed by atoms with Crippen LogP contribution in [0.4, 0.5) is 21.7 Å². The summed E-state index contributed by atoms with van der Waals surface area (Å²) in [6, 6.07) is 6.31. The third-order valence-electron chi connectivity index (χ3n) is 3.52. The molecule has 3 rings (SSSR count). The van der Waals surface area contributed by atoms with Crippen molar-refractivity contribution < 1.29 is 8.60 Å². The summed E-state index contributed by atoms with van der Waals surface area (Å²) in [7, 11) is -1.26. The number of hydrogen-bond donors (Lipinski definition) is 2. The van der Waals surface area contributed by atoms with Crippen LogP contribution in [0, 0.1) is 5.82 Å². The van der Waals surface area contributed by atoms with Gasteiger partial charge in [-0.1, -0.05) is 19.1 Å². The largest absolute Gasteiger partial charge is 0.382 e. The Labute approximate surface area is 136 Å². The van der Waals surface area contributed by atoms with Gasteiger partial charge in [-0.05, 0) is 24.1 Å². The number of halogens is 1. The van der Waals surface area contributed by atoms with E-state index in [4.69, 9.17) is 5.73 Å². The molecular weight excluding hydrogens is 317 g/mol. The Morgan fingerprint density at radius 2 is 2.09 bits per heavy atom. The van der Waals surface area contributed by atoms with Crippen LogP contribution >= 0.6 is 0 Å². The maximum atomic E-state index is 13.0. The van der Waals surface area contributed by atoms with Crippen LogP contribution in [0.15, 0.2) is 29.4 Å². The van der Waals surface area contributed by atoms with Gasteiger partial charge in [0.1, 0.15) is 11.5 Å². The average molecular weight is 335 g/mol. The maximum absolute atomic E-state index is 13.0. The lowest BCUT2D eigenvalue weighted by Crippen LogP contribution is -2.23. The maximum Gasteiger partial charge on any atom is 0.222 e. The average Bonchev–Trinajstić information content (AvgIpc) is 2.93. The second kappa shape index (κ2) is 6.49. The van der Waals surface area contributed by atoms with Crippen LogP contribution in [0.1, 0.15) is 18.9 Å². The van der Waals surface area contributed by atoms with Crippen molar-refractivity contribution in [2.45, 2.75) is 25.0 Å². The number of rotatable bonds is 5. The van der Waals surface area contributed by atoms with Crippen molar-refractivity contribution >= 4 is 28.1 Å². The van der Waals surface area contributed by atoms with E-state index in [1.165, 1.54) is 12.1 Å². The number of nitrogens with one attached hydrogen (secondary N) is 1. The van der Waals surface area contributed by atoms with Crippen molar-refractivity contribution in [3.05, 3.63) is 35.6 Å². The van der Waals surface area contributed by atoms with Gasteiger partial charge >= 0.3 is 0 Å². The Bertz CT molecular complexity index is 737. The molecule has 0 aliphatic carbocycles. The number of nitrogens with zero attached hydrogens (tertiary/aromatic N) is 3. The molecule has 2 aromatic rings. The highest BCUT2D eigenvalue weighted by atomic mass is 32.2. The van der Waals surface area contributed by atoms with Gasteiger partial charge in [-0.25, -0.2) is 14.4 Å². The van der Waals surface area contributed by atoms with Crippen LogP contribution in [0.25, 0.3) is 0 Å². The fourth-order valence-electron chi connectivity index (χ4n) is 2.41. The molecule has 0 saturated heterocycles. The zero-order chi connectivity index (χ0) is 16.4. The van der Waals surface area contributed by atoms with Gasteiger partial charge in [0.25, 0.3) is 0 Å². The molecule has 0 saturated carbocycles. The quantitative estimate of drug-likeness (QED) is 0.814. The molecule has 0 amide bonds. The summed E-state index contributed by atoms with van der Waals surface area (Å²) in [5, 5.41) is 3.41. The van der Waals surface area contributed by atoms with Crippen LogP contribution < -0.4 is 16.0 Å². The van der Waals surface area contributed by atoms with Gasteiger partial charge in [0, 0.05) is 12.3 Å². The van der Waals surface area contributed by atoms with E-state index in [-0.39, 0.29) is 11.0 Å². The van der Waals surface area contributed by atoms with Gasteiger partial charge in [0.05, 0.1) is 17.5 Å². The SMILES string of the molecule is CCCS(=O)c1nc(N)c2c(n1)N(Cc1ccc(F)cc1)CN2. The fraction of sp³-hybridized carbons (Fsp3) is 0.333. The van der Waals surface area contributed by atoms with E-state index < -0.39 is 10.8 Å². The number of fused-ring (bicyclic) bond motifs is 1. The second-order valence-corrected chi connectivity index (χ2v) is 6.76. The molecule has 0 radical (unpaired) electrons. The molecule has 0 spiro atoms. The number of benzene rings is 1. The van der Waals surface area contributed by atoms with E-state index in [1.807, 2.05) is 11.8 Å². The Kier molecular flexibility index (Phi) is 4.42. The van der Waals surface area contributed by atoms with Crippen molar-refractivity contribution in [1.82, 2.24) is 9.97 Å². The molecule has 0 bridgehead atoms. The summed E-state index contributed by atoms with van der Waals surface area (Å²) in [5.41, 5.74) is 7.57. The summed E-state index contributed by atoms with van der Waals surface area (Å²) >= 11 is 0. The molecule has 1 aliphatic rings. The molecule has 122 valence electrons. The predicted molar refractivity (Wildman–Crippen MR) is 89.1 cm³/mol. The number of nitrogens with two attached hydrogens (primary N) is 1.